The van der Waals surface area contributed by atoms with Gasteiger partial charge in [0, 0.05) is 12.1 Å². The first-order chi connectivity index (χ1) is 9.37. The summed E-state index contributed by atoms with van der Waals surface area (Å²) >= 11 is 0. The van der Waals surface area contributed by atoms with Gasteiger partial charge in [-0.25, -0.2) is 4.98 Å². The van der Waals surface area contributed by atoms with Crippen molar-refractivity contribution in [3.63, 3.8) is 0 Å². The van der Waals surface area contributed by atoms with E-state index < -0.39 is 25.2 Å². The van der Waals surface area contributed by atoms with Crippen LogP contribution in [0.3, 0.4) is 0 Å². The maximum absolute atomic E-state index is 12.0. The van der Waals surface area contributed by atoms with Crippen LogP contribution in [-0.2, 0) is 24.3 Å². The molecule has 20 heavy (non-hydrogen) atoms. The molecule has 1 aromatic heterocycles. The van der Waals surface area contributed by atoms with E-state index in [9.17, 15) is 22.8 Å². The van der Waals surface area contributed by atoms with Crippen LogP contribution in [0.4, 0.5) is 13.2 Å². The molecule has 0 radical (unpaired) electrons. The van der Waals surface area contributed by atoms with E-state index in [1.807, 2.05) is 0 Å². The zero-order chi connectivity index (χ0) is 14.8. The number of rotatable bonds is 3. The molecule has 1 amide bonds. The van der Waals surface area contributed by atoms with Crippen molar-refractivity contribution >= 4 is 5.91 Å². The predicted octanol–water partition coefficient (Wildman–Crippen LogP) is -0.433. The molecule has 0 atom stereocenters. The number of alkyl halides is 3. The molecule has 1 aromatic rings. The molecule has 0 spiro atoms. The number of fused-ring (bicyclic) bond motifs is 1. The van der Waals surface area contributed by atoms with Crippen LogP contribution >= 0.6 is 0 Å². The number of carbonyl (C=O) groups is 1. The molecule has 1 aliphatic heterocycles. The number of aromatic nitrogens is 2. The third-order valence-electron chi connectivity index (χ3n) is 2.86. The summed E-state index contributed by atoms with van der Waals surface area (Å²) in [5.74, 6) is -0.875. The van der Waals surface area contributed by atoms with Crippen LogP contribution in [0, 0.1) is 0 Å². The zero-order valence-corrected chi connectivity index (χ0v) is 10.5. The van der Waals surface area contributed by atoms with Crippen molar-refractivity contribution in [3.05, 3.63) is 27.9 Å². The van der Waals surface area contributed by atoms with Gasteiger partial charge in [0.15, 0.2) is 0 Å². The molecule has 2 heterocycles. The highest BCUT2D eigenvalue weighted by atomic mass is 19.4. The first kappa shape index (κ1) is 14.5. The second kappa shape index (κ2) is 5.61. The summed E-state index contributed by atoms with van der Waals surface area (Å²) < 4.78 is 36.9. The maximum Gasteiger partial charge on any atom is 0.405 e. The Morgan fingerprint density at radius 1 is 1.50 bits per heavy atom. The summed E-state index contributed by atoms with van der Waals surface area (Å²) in [6.07, 6.45) is -2.80. The van der Waals surface area contributed by atoms with E-state index in [1.54, 1.807) is 5.32 Å². The lowest BCUT2D eigenvalue weighted by Crippen LogP contribution is -2.40. The molecule has 0 aromatic carbocycles. The Labute approximate surface area is 112 Å². The van der Waals surface area contributed by atoms with Crippen LogP contribution in [0.5, 0.6) is 0 Å². The lowest BCUT2D eigenvalue weighted by atomic mass is 10.1. The highest BCUT2D eigenvalue weighted by Gasteiger charge is 2.27. The quantitative estimate of drug-likeness (QED) is 0.792. The van der Waals surface area contributed by atoms with Crippen molar-refractivity contribution in [2.24, 2.45) is 0 Å². The van der Waals surface area contributed by atoms with Gasteiger partial charge in [-0.1, -0.05) is 0 Å². The number of nitrogens with one attached hydrogen (secondary N) is 2. The average molecular weight is 290 g/mol. The van der Waals surface area contributed by atoms with Crippen molar-refractivity contribution in [2.45, 2.75) is 25.7 Å². The minimum Gasteiger partial charge on any atom is -0.345 e. The number of hydrogen-bond donors (Lipinski definition) is 2. The Morgan fingerprint density at radius 2 is 2.25 bits per heavy atom. The van der Waals surface area contributed by atoms with Crippen LogP contribution in [-0.4, -0.2) is 34.7 Å². The van der Waals surface area contributed by atoms with Gasteiger partial charge in [0.05, 0.1) is 12.0 Å². The van der Waals surface area contributed by atoms with Crippen molar-refractivity contribution in [1.82, 2.24) is 20.2 Å². The van der Waals surface area contributed by atoms with Gasteiger partial charge in [0.25, 0.3) is 5.56 Å². The molecule has 0 aliphatic carbocycles. The molecule has 2 N–H and O–H groups in total. The van der Waals surface area contributed by atoms with Crippen molar-refractivity contribution < 1.29 is 18.0 Å². The number of carbonyl (C=O) groups excluding carboxylic acids is 1. The molecule has 0 saturated heterocycles. The van der Waals surface area contributed by atoms with E-state index in [1.165, 1.54) is 6.33 Å². The number of amides is 1. The van der Waals surface area contributed by atoms with Crippen LogP contribution in [0.2, 0.25) is 0 Å². The van der Waals surface area contributed by atoms with Crippen molar-refractivity contribution in [2.75, 3.05) is 13.1 Å². The summed E-state index contributed by atoms with van der Waals surface area (Å²) in [5.41, 5.74) is 0.752. The molecule has 2 rings (SSSR count). The van der Waals surface area contributed by atoms with Gasteiger partial charge in [-0.3, -0.25) is 14.2 Å². The first-order valence-corrected chi connectivity index (χ1v) is 5.98. The summed E-state index contributed by atoms with van der Waals surface area (Å²) in [4.78, 5) is 27.5. The lowest BCUT2D eigenvalue weighted by molar-refractivity contribution is -0.138. The fraction of sp³-hybridized carbons (Fsp3) is 0.545. The third kappa shape index (κ3) is 3.56. The molecule has 9 heteroatoms. The van der Waals surface area contributed by atoms with E-state index >= 15 is 0 Å². The van der Waals surface area contributed by atoms with Crippen molar-refractivity contribution in [3.8, 4) is 0 Å². The van der Waals surface area contributed by atoms with Crippen LogP contribution in [0.1, 0.15) is 11.3 Å². The average Bonchev–Trinajstić information content (AvgIpc) is 2.39. The predicted molar refractivity (Wildman–Crippen MR) is 63.0 cm³/mol. The van der Waals surface area contributed by atoms with Gasteiger partial charge < -0.3 is 10.6 Å². The van der Waals surface area contributed by atoms with Gasteiger partial charge in [-0.05, 0) is 13.0 Å². The molecule has 6 nitrogen and oxygen atoms in total. The molecule has 0 bridgehead atoms. The van der Waals surface area contributed by atoms with Crippen LogP contribution in [0.15, 0.2) is 11.1 Å². The van der Waals surface area contributed by atoms with E-state index in [-0.39, 0.29) is 5.56 Å². The third-order valence-corrected chi connectivity index (χ3v) is 2.86. The zero-order valence-electron chi connectivity index (χ0n) is 10.5. The highest BCUT2D eigenvalue weighted by molar-refractivity contribution is 5.75. The largest absolute Gasteiger partial charge is 0.405 e. The lowest BCUT2D eigenvalue weighted by Gasteiger charge is -2.16. The Bertz CT molecular complexity index is 568. The number of nitrogens with zero attached hydrogens (tertiary/aromatic N) is 2. The van der Waals surface area contributed by atoms with E-state index in [0.29, 0.717) is 30.8 Å². The number of halogens is 3. The normalized spacial score (nSPS) is 14.8. The fourth-order valence-corrected chi connectivity index (χ4v) is 1.91. The van der Waals surface area contributed by atoms with Gasteiger partial charge in [0.1, 0.15) is 13.1 Å². The SMILES string of the molecule is O=C(Cn1cnc2c(c1=O)CCNC2)NCC(F)(F)F. The summed E-state index contributed by atoms with van der Waals surface area (Å²) in [5, 5.41) is 4.76. The van der Waals surface area contributed by atoms with E-state index in [2.05, 4.69) is 10.3 Å². The molecule has 110 valence electrons. The summed E-state index contributed by atoms with van der Waals surface area (Å²) in [6, 6.07) is 0. The smallest absolute Gasteiger partial charge is 0.345 e. The first-order valence-electron chi connectivity index (χ1n) is 5.98. The van der Waals surface area contributed by atoms with Gasteiger partial charge in [0.2, 0.25) is 5.91 Å². The Balaban J connectivity index is 2.07. The second-order valence-corrected chi connectivity index (χ2v) is 4.42. The Morgan fingerprint density at radius 3 is 2.95 bits per heavy atom. The van der Waals surface area contributed by atoms with Gasteiger partial charge >= 0.3 is 6.18 Å². The monoisotopic (exact) mass is 290 g/mol. The molecule has 1 aliphatic rings. The van der Waals surface area contributed by atoms with Crippen LogP contribution < -0.4 is 16.2 Å². The molecule has 0 unspecified atom stereocenters. The highest BCUT2D eigenvalue weighted by Crippen LogP contribution is 2.12. The molecule has 0 saturated carbocycles. The van der Waals surface area contributed by atoms with Crippen molar-refractivity contribution in [1.29, 1.82) is 0 Å². The van der Waals surface area contributed by atoms with E-state index in [4.69, 9.17) is 0 Å². The van der Waals surface area contributed by atoms with E-state index in [0.717, 1.165) is 4.57 Å². The maximum atomic E-state index is 12.0. The minimum atomic E-state index is -4.47. The van der Waals surface area contributed by atoms with Gasteiger partial charge in [-0.15, -0.1) is 0 Å². The van der Waals surface area contributed by atoms with Gasteiger partial charge in [-0.2, -0.15) is 13.2 Å². The molecular formula is C11H13F3N4O2. The minimum absolute atomic E-state index is 0.376. The number of hydrogen-bond acceptors (Lipinski definition) is 4. The summed E-state index contributed by atoms with van der Waals surface area (Å²) in [7, 11) is 0. The summed E-state index contributed by atoms with van der Waals surface area (Å²) in [6.45, 7) is -0.772. The topological polar surface area (TPSA) is 76.0 Å². The molecule has 0 fully saturated rings. The second-order valence-electron chi connectivity index (χ2n) is 4.42. The fourth-order valence-electron chi connectivity index (χ4n) is 1.91. The Hall–Kier alpha value is -1.90. The van der Waals surface area contributed by atoms with Crippen LogP contribution in [0.25, 0.3) is 0 Å². The standard InChI is InChI=1S/C11H13F3N4O2/c12-11(13,14)5-16-9(19)4-18-6-17-8-3-15-2-1-7(8)10(18)20/h6,15H,1-5H2,(H,16,19). The Kier molecular flexibility index (Phi) is 4.07. The molecular weight excluding hydrogens is 277 g/mol.